The van der Waals surface area contributed by atoms with E-state index in [1.807, 2.05) is 24.3 Å². The number of aromatic nitrogens is 2. The zero-order valence-corrected chi connectivity index (χ0v) is 20.4. The van der Waals surface area contributed by atoms with Gasteiger partial charge in [-0.15, -0.1) is 0 Å². The van der Waals surface area contributed by atoms with Crippen LogP contribution in [0.2, 0.25) is 0 Å². The summed E-state index contributed by atoms with van der Waals surface area (Å²) in [5.74, 6) is 4.29. The van der Waals surface area contributed by atoms with Crippen molar-refractivity contribution in [1.29, 1.82) is 0 Å². The Kier molecular flexibility index (Phi) is 5.18. The van der Waals surface area contributed by atoms with Gasteiger partial charge in [-0.3, -0.25) is 9.59 Å². The van der Waals surface area contributed by atoms with Crippen molar-refractivity contribution in [3.05, 3.63) is 41.9 Å². The van der Waals surface area contributed by atoms with Crippen molar-refractivity contribution < 1.29 is 19.1 Å². The lowest BCUT2D eigenvalue weighted by Crippen LogP contribution is -2.48. The van der Waals surface area contributed by atoms with Crippen LogP contribution in [0.1, 0.15) is 56.2 Å². The van der Waals surface area contributed by atoms with Gasteiger partial charge in [0.25, 0.3) is 5.91 Å². The molecule has 4 bridgehead atoms. The first kappa shape index (κ1) is 22.1. The molecule has 8 nitrogen and oxygen atoms in total. The van der Waals surface area contributed by atoms with Crippen LogP contribution in [0.4, 0.5) is 5.82 Å². The van der Waals surface area contributed by atoms with E-state index in [1.165, 1.54) is 44.9 Å². The molecule has 1 N–H and O–H groups in total. The standard InChI is InChI=1S/C28H32N4O4/c33-25(13-28-10-17-7-18(11-28)9-19(8-17)12-28)31-26-20-5-6-32(14-21(20)29-16-30-26)27(34)24-15-35-22-3-1-2-4-23(22)36-24/h1-4,16-19,24H,5-15H2,(H,29,30,31,33). The Bertz CT molecular complexity index is 1180. The second-order valence-corrected chi connectivity index (χ2v) is 11.7. The van der Waals surface area contributed by atoms with Gasteiger partial charge in [-0.1, -0.05) is 12.1 Å². The SMILES string of the molecule is O=C(CC12CC3CC(CC(C3)C1)C2)Nc1ncnc2c1CCN(C(=O)C1COc3ccccc3O1)C2. The molecule has 0 spiro atoms. The Morgan fingerprint density at radius 3 is 2.50 bits per heavy atom. The fourth-order valence-corrected chi connectivity index (χ4v) is 8.02. The molecule has 6 aliphatic rings. The minimum atomic E-state index is -0.678. The summed E-state index contributed by atoms with van der Waals surface area (Å²) in [4.78, 5) is 37.0. The third-order valence-corrected chi connectivity index (χ3v) is 9.06. The van der Waals surface area contributed by atoms with Crippen LogP contribution in [-0.2, 0) is 22.6 Å². The molecule has 188 valence electrons. The quantitative estimate of drug-likeness (QED) is 0.705. The monoisotopic (exact) mass is 488 g/mol. The van der Waals surface area contributed by atoms with Crippen LogP contribution in [0.25, 0.3) is 0 Å². The molecule has 36 heavy (non-hydrogen) atoms. The van der Waals surface area contributed by atoms with Crippen molar-refractivity contribution in [3.63, 3.8) is 0 Å². The van der Waals surface area contributed by atoms with E-state index in [9.17, 15) is 9.59 Å². The maximum absolute atomic E-state index is 13.2. The van der Waals surface area contributed by atoms with Gasteiger partial charge in [-0.25, -0.2) is 9.97 Å². The summed E-state index contributed by atoms with van der Waals surface area (Å²) >= 11 is 0. The number of anilines is 1. The van der Waals surface area contributed by atoms with Gasteiger partial charge in [-0.2, -0.15) is 0 Å². The van der Waals surface area contributed by atoms with Crippen molar-refractivity contribution >= 4 is 17.6 Å². The molecule has 0 radical (unpaired) electrons. The maximum Gasteiger partial charge on any atom is 0.267 e. The zero-order valence-electron chi connectivity index (χ0n) is 20.4. The highest BCUT2D eigenvalue weighted by Crippen LogP contribution is 2.61. The van der Waals surface area contributed by atoms with Crippen LogP contribution in [-0.4, -0.2) is 45.9 Å². The Morgan fingerprint density at radius 2 is 1.75 bits per heavy atom. The van der Waals surface area contributed by atoms with E-state index < -0.39 is 6.10 Å². The number of carbonyl (C=O) groups is 2. The smallest absolute Gasteiger partial charge is 0.267 e. The van der Waals surface area contributed by atoms with Gasteiger partial charge in [0, 0.05) is 18.5 Å². The highest BCUT2D eigenvalue weighted by Gasteiger charge is 2.51. The molecular weight excluding hydrogens is 456 g/mol. The van der Waals surface area contributed by atoms with Crippen LogP contribution < -0.4 is 14.8 Å². The normalized spacial score (nSPS) is 31.6. The fourth-order valence-electron chi connectivity index (χ4n) is 8.02. The highest BCUT2D eigenvalue weighted by atomic mass is 16.6. The van der Waals surface area contributed by atoms with Gasteiger partial charge in [-0.05, 0) is 80.2 Å². The number of amides is 2. The molecular formula is C28H32N4O4. The van der Waals surface area contributed by atoms with E-state index in [1.54, 1.807) is 4.90 Å². The summed E-state index contributed by atoms with van der Waals surface area (Å²) in [6.45, 7) is 1.09. The molecule has 1 aromatic heterocycles. The van der Waals surface area contributed by atoms with Crippen molar-refractivity contribution in [2.24, 2.45) is 23.2 Å². The highest BCUT2D eigenvalue weighted by molar-refractivity contribution is 5.91. The van der Waals surface area contributed by atoms with Crippen molar-refractivity contribution in [2.75, 3.05) is 18.5 Å². The van der Waals surface area contributed by atoms with Crippen LogP contribution in [0, 0.1) is 23.2 Å². The zero-order chi connectivity index (χ0) is 24.3. The molecule has 2 aromatic rings. The second kappa shape index (κ2) is 8.46. The lowest BCUT2D eigenvalue weighted by molar-refractivity contribution is -0.142. The minimum Gasteiger partial charge on any atom is -0.485 e. The summed E-state index contributed by atoms with van der Waals surface area (Å²) in [6.07, 6.45) is 9.76. The number of nitrogens with one attached hydrogen (secondary N) is 1. The summed E-state index contributed by atoms with van der Waals surface area (Å²) in [5.41, 5.74) is 1.91. The number of nitrogens with zero attached hydrogens (tertiary/aromatic N) is 3. The third kappa shape index (κ3) is 3.91. The second-order valence-electron chi connectivity index (χ2n) is 11.7. The van der Waals surface area contributed by atoms with Crippen LogP contribution in [0.15, 0.2) is 30.6 Å². The van der Waals surface area contributed by atoms with E-state index >= 15 is 0 Å². The molecule has 2 amide bonds. The summed E-state index contributed by atoms with van der Waals surface area (Å²) in [7, 11) is 0. The minimum absolute atomic E-state index is 0.0720. The molecule has 1 unspecified atom stereocenters. The number of ether oxygens (including phenoxy) is 2. The maximum atomic E-state index is 13.2. The number of fused-ring (bicyclic) bond motifs is 2. The van der Waals surface area contributed by atoms with Crippen LogP contribution >= 0.6 is 0 Å². The fraction of sp³-hybridized carbons (Fsp3) is 0.571. The van der Waals surface area contributed by atoms with Gasteiger partial charge in [0.1, 0.15) is 18.8 Å². The molecule has 2 aliphatic heterocycles. The number of para-hydroxylation sites is 2. The topological polar surface area (TPSA) is 93.7 Å². The number of hydrogen-bond acceptors (Lipinski definition) is 6. The van der Waals surface area contributed by atoms with Gasteiger partial charge >= 0.3 is 0 Å². The average molecular weight is 489 g/mol. The number of hydrogen-bond donors (Lipinski definition) is 1. The molecule has 4 fully saturated rings. The van der Waals surface area contributed by atoms with Crippen molar-refractivity contribution in [2.45, 2.75) is 64.0 Å². The molecule has 1 aromatic carbocycles. The van der Waals surface area contributed by atoms with Gasteiger partial charge in [0.05, 0.1) is 12.2 Å². The Hall–Kier alpha value is -3.16. The van der Waals surface area contributed by atoms with Gasteiger partial charge in [0.15, 0.2) is 11.5 Å². The largest absolute Gasteiger partial charge is 0.485 e. The van der Waals surface area contributed by atoms with Crippen LogP contribution in [0.3, 0.4) is 0 Å². The van der Waals surface area contributed by atoms with E-state index in [2.05, 4.69) is 15.3 Å². The van der Waals surface area contributed by atoms with Crippen molar-refractivity contribution in [1.82, 2.24) is 14.9 Å². The summed E-state index contributed by atoms with van der Waals surface area (Å²) in [5, 5.41) is 3.13. The van der Waals surface area contributed by atoms with Crippen molar-refractivity contribution in [3.8, 4) is 11.5 Å². The molecule has 4 saturated carbocycles. The number of benzene rings is 1. The Morgan fingerprint density at radius 1 is 1.03 bits per heavy atom. The lowest BCUT2D eigenvalue weighted by atomic mass is 9.49. The molecule has 1 atom stereocenters. The third-order valence-electron chi connectivity index (χ3n) is 9.06. The number of rotatable bonds is 4. The molecule has 4 aliphatic carbocycles. The lowest BCUT2D eigenvalue weighted by Gasteiger charge is -2.56. The van der Waals surface area contributed by atoms with E-state index in [0.717, 1.165) is 29.0 Å². The summed E-state index contributed by atoms with van der Waals surface area (Å²) in [6, 6.07) is 7.39. The molecule has 8 heteroatoms. The van der Waals surface area contributed by atoms with E-state index in [-0.39, 0.29) is 23.8 Å². The van der Waals surface area contributed by atoms with Crippen LogP contribution in [0.5, 0.6) is 11.5 Å². The Balaban J connectivity index is 1.02. The molecule has 8 rings (SSSR count). The number of carbonyl (C=O) groups excluding carboxylic acids is 2. The predicted molar refractivity (Wildman–Crippen MR) is 131 cm³/mol. The van der Waals surface area contributed by atoms with Gasteiger partial charge < -0.3 is 19.7 Å². The average Bonchev–Trinajstić information content (AvgIpc) is 2.86. The Labute approximate surface area is 210 Å². The first-order chi connectivity index (χ1) is 17.5. The van der Waals surface area contributed by atoms with E-state index in [4.69, 9.17) is 9.47 Å². The molecule has 3 heterocycles. The first-order valence-corrected chi connectivity index (χ1v) is 13.3. The van der Waals surface area contributed by atoms with Gasteiger partial charge in [0.2, 0.25) is 12.0 Å². The first-order valence-electron chi connectivity index (χ1n) is 13.3. The summed E-state index contributed by atoms with van der Waals surface area (Å²) < 4.78 is 11.7. The molecule has 0 saturated heterocycles. The predicted octanol–water partition coefficient (Wildman–Crippen LogP) is 3.75. The van der Waals surface area contributed by atoms with E-state index in [0.29, 0.717) is 43.2 Å².